The molecule has 0 saturated carbocycles. The van der Waals surface area contributed by atoms with Crippen LogP contribution in [0.1, 0.15) is 16.7 Å². The third kappa shape index (κ3) is 4.64. The molecular formula is C25H23N3O3. The van der Waals surface area contributed by atoms with Gasteiger partial charge in [-0.2, -0.15) is 4.98 Å². The van der Waals surface area contributed by atoms with Gasteiger partial charge in [-0.05, 0) is 61.7 Å². The van der Waals surface area contributed by atoms with E-state index in [-0.39, 0.29) is 12.5 Å². The Morgan fingerprint density at radius 3 is 2.42 bits per heavy atom. The minimum absolute atomic E-state index is 0.136. The predicted molar refractivity (Wildman–Crippen MR) is 120 cm³/mol. The zero-order valence-electron chi connectivity index (χ0n) is 17.7. The van der Waals surface area contributed by atoms with Crippen molar-refractivity contribution >= 4 is 11.6 Å². The number of nitrogens with one attached hydrogen (secondary N) is 1. The van der Waals surface area contributed by atoms with Crippen molar-refractivity contribution < 1.29 is 14.1 Å². The second-order valence-corrected chi connectivity index (χ2v) is 7.37. The fraction of sp³-hybridized carbons (Fsp3) is 0.160. The third-order valence-electron chi connectivity index (χ3n) is 5.08. The number of amides is 1. The second-order valence-electron chi connectivity index (χ2n) is 7.37. The van der Waals surface area contributed by atoms with Gasteiger partial charge in [-0.15, -0.1) is 0 Å². The van der Waals surface area contributed by atoms with Crippen molar-refractivity contribution in [2.75, 3.05) is 11.9 Å². The number of aromatic nitrogens is 2. The molecule has 0 aliphatic heterocycles. The number of aryl methyl sites for hydroxylation is 3. The molecule has 0 bridgehead atoms. The number of carbonyl (C=O) groups is 1. The Balaban J connectivity index is 1.48. The molecule has 1 aromatic heterocycles. The number of anilines is 1. The Hall–Kier alpha value is -3.93. The lowest BCUT2D eigenvalue weighted by Crippen LogP contribution is -2.20. The van der Waals surface area contributed by atoms with E-state index in [1.165, 1.54) is 5.56 Å². The fourth-order valence-electron chi connectivity index (χ4n) is 3.19. The molecule has 0 unspecified atom stereocenters. The summed E-state index contributed by atoms with van der Waals surface area (Å²) in [5, 5.41) is 6.97. The maximum absolute atomic E-state index is 12.4. The van der Waals surface area contributed by atoms with E-state index in [4.69, 9.17) is 9.26 Å². The zero-order valence-corrected chi connectivity index (χ0v) is 17.7. The van der Waals surface area contributed by atoms with Crippen LogP contribution in [-0.2, 0) is 4.79 Å². The number of benzene rings is 3. The van der Waals surface area contributed by atoms with Crippen LogP contribution in [0.2, 0.25) is 0 Å². The van der Waals surface area contributed by atoms with Gasteiger partial charge in [0.2, 0.25) is 5.82 Å². The number of nitrogens with zero attached hydrogens (tertiary/aromatic N) is 2. The first-order valence-electron chi connectivity index (χ1n) is 10.0. The van der Waals surface area contributed by atoms with Crippen LogP contribution in [0.15, 0.2) is 71.3 Å². The molecule has 156 valence electrons. The highest BCUT2D eigenvalue weighted by Crippen LogP contribution is 2.30. The van der Waals surface area contributed by atoms with E-state index in [1.54, 1.807) is 6.07 Å². The molecule has 4 rings (SSSR count). The highest BCUT2D eigenvalue weighted by Gasteiger charge is 2.16. The summed E-state index contributed by atoms with van der Waals surface area (Å²) >= 11 is 0. The summed E-state index contributed by atoms with van der Waals surface area (Å²) in [4.78, 5) is 16.9. The summed E-state index contributed by atoms with van der Waals surface area (Å²) in [7, 11) is 0. The van der Waals surface area contributed by atoms with Crippen molar-refractivity contribution in [2.24, 2.45) is 0 Å². The van der Waals surface area contributed by atoms with E-state index in [1.807, 2.05) is 81.4 Å². The number of hydrogen-bond donors (Lipinski definition) is 1. The van der Waals surface area contributed by atoms with Crippen LogP contribution in [0.3, 0.4) is 0 Å². The van der Waals surface area contributed by atoms with E-state index in [0.29, 0.717) is 23.0 Å². The van der Waals surface area contributed by atoms with Gasteiger partial charge >= 0.3 is 0 Å². The molecule has 6 heteroatoms. The van der Waals surface area contributed by atoms with Crippen LogP contribution >= 0.6 is 0 Å². The van der Waals surface area contributed by atoms with Gasteiger partial charge in [0.25, 0.3) is 11.8 Å². The molecule has 0 saturated heterocycles. The number of ether oxygens (including phenoxy) is 1. The molecule has 31 heavy (non-hydrogen) atoms. The molecule has 1 heterocycles. The molecule has 0 spiro atoms. The first-order chi connectivity index (χ1) is 15.0. The fourth-order valence-corrected chi connectivity index (χ4v) is 3.19. The lowest BCUT2D eigenvalue weighted by atomic mass is 10.1. The van der Waals surface area contributed by atoms with Gasteiger partial charge in [0.05, 0.1) is 5.56 Å². The van der Waals surface area contributed by atoms with E-state index >= 15 is 0 Å². The standard InChI is InChI=1S/C25H23N3O3/c1-16-12-13-19(14-18(16)3)26-23(29)15-30-22-11-7-6-10-21(22)25-27-24(28-31-25)20-9-5-4-8-17(20)2/h4-14H,15H2,1-3H3,(H,26,29). The van der Waals surface area contributed by atoms with Crippen molar-refractivity contribution in [1.82, 2.24) is 10.1 Å². The molecule has 0 aliphatic rings. The molecule has 0 aliphatic carbocycles. The van der Waals surface area contributed by atoms with Gasteiger partial charge in [-0.25, -0.2) is 0 Å². The van der Waals surface area contributed by atoms with Gasteiger partial charge in [0.15, 0.2) is 6.61 Å². The highest BCUT2D eigenvalue weighted by molar-refractivity contribution is 5.92. The molecule has 0 fully saturated rings. The van der Waals surface area contributed by atoms with Gasteiger partial charge in [0.1, 0.15) is 5.75 Å². The third-order valence-corrected chi connectivity index (χ3v) is 5.08. The Morgan fingerprint density at radius 2 is 1.65 bits per heavy atom. The summed E-state index contributed by atoms with van der Waals surface area (Å²) in [5.74, 6) is 1.10. The monoisotopic (exact) mass is 413 g/mol. The lowest BCUT2D eigenvalue weighted by molar-refractivity contribution is -0.118. The first-order valence-corrected chi connectivity index (χ1v) is 10.0. The maximum atomic E-state index is 12.4. The van der Waals surface area contributed by atoms with Crippen LogP contribution in [0.5, 0.6) is 5.75 Å². The van der Waals surface area contributed by atoms with E-state index in [2.05, 4.69) is 15.5 Å². The highest BCUT2D eigenvalue weighted by atomic mass is 16.5. The van der Waals surface area contributed by atoms with Crippen LogP contribution in [0, 0.1) is 20.8 Å². The Morgan fingerprint density at radius 1 is 0.903 bits per heavy atom. The molecule has 0 atom stereocenters. The largest absolute Gasteiger partial charge is 0.483 e. The lowest BCUT2D eigenvalue weighted by Gasteiger charge is -2.10. The Kier molecular flexibility index (Phi) is 5.80. The van der Waals surface area contributed by atoms with Crippen LogP contribution in [-0.4, -0.2) is 22.7 Å². The molecule has 1 N–H and O–H groups in total. The van der Waals surface area contributed by atoms with Crippen molar-refractivity contribution in [3.8, 4) is 28.6 Å². The van der Waals surface area contributed by atoms with Crippen LogP contribution in [0.25, 0.3) is 22.8 Å². The van der Waals surface area contributed by atoms with Crippen molar-refractivity contribution in [2.45, 2.75) is 20.8 Å². The molecule has 6 nitrogen and oxygen atoms in total. The average molecular weight is 413 g/mol. The Bertz CT molecular complexity index is 1230. The normalized spacial score (nSPS) is 10.7. The summed E-state index contributed by atoms with van der Waals surface area (Å²) < 4.78 is 11.3. The van der Waals surface area contributed by atoms with Crippen LogP contribution < -0.4 is 10.1 Å². The summed E-state index contributed by atoms with van der Waals surface area (Å²) in [6.07, 6.45) is 0. The number of para-hydroxylation sites is 1. The molecule has 4 aromatic rings. The Labute approximate surface area is 180 Å². The summed E-state index contributed by atoms with van der Waals surface area (Å²) in [6.45, 7) is 5.90. The maximum Gasteiger partial charge on any atom is 0.262 e. The van der Waals surface area contributed by atoms with Gasteiger partial charge in [-0.1, -0.05) is 47.6 Å². The van der Waals surface area contributed by atoms with Crippen LogP contribution in [0.4, 0.5) is 5.69 Å². The number of hydrogen-bond acceptors (Lipinski definition) is 5. The van der Waals surface area contributed by atoms with E-state index in [0.717, 1.165) is 22.4 Å². The van der Waals surface area contributed by atoms with E-state index < -0.39 is 0 Å². The molecule has 3 aromatic carbocycles. The predicted octanol–water partition coefficient (Wildman–Crippen LogP) is 5.35. The van der Waals surface area contributed by atoms with Crippen molar-refractivity contribution in [3.63, 3.8) is 0 Å². The summed E-state index contributed by atoms with van der Waals surface area (Å²) in [6, 6.07) is 20.9. The smallest absolute Gasteiger partial charge is 0.262 e. The van der Waals surface area contributed by atoms with Crippen molar-refractivity contribution in [1.29, 1.82) is 0 Å². The minimum atomic E-state index is -0.246. The second kappa shape index (κ2) is 8.83. The quantitative estimate of drug-likeness (QED) is 0.461. The molecule has 0 radical (unpaired) electrons. The van der Waals surface area contributed by atoms with Gasteiger partial charge in [-0.3, -0.25) is 4.79 Å². The number of rotatable bonds is 6. The topological polar surface area (TPSA) is 77.2 Å². The minimum Gasteiger partial charge on any atom is -0.483 e. The average Bonchev–Trinajstić information content (AvgIpc) is 3.25. The summed E-state index contributed by atoms with van der Waals surface area (Å²) in [5.41, 5.74) is 5.63. The molecule has 1 amide bonds. The van der Waals surface area contributed by atoms with Crippen molar-refractivity contribution in [3.05, 3.63) is 83.4 Å². The van der Waals surface area contributed by atoms with Gasteiger partial charge < -0.3 is 14.6 Å². The molecular weight excluding hydrogens is 390 g/mol. The zero-order chi connectivity index (χ0) is 21.8. The number of carbonyl (C=O) groups excluding carboxylic acids is 1. The van der Waals surface area contributed by atoms with Gasteiger partial charge in [0, 0.05) is 11.3 Å². The SMILES string of the molecule is Cc1ccc(NC(=O)COc2ccccc2-c2nc(-c3ccccc3C)no2)cc1C. The first kappa shape index (κ1) is 20.3. The van der Waals surface area contributed by atoms with E-state index in [9.17, 15) is 4.79 Å².